The van der Waals surface area contributed by atoms with Gasteiger partial charge < -0.3 is 20.6 Å². The zero-order valence-electron chi connectivity index (χ0n) is 9.35. The summed E-state index contributed by atoms with van der Waals surface area (Å²) in [6, 6.07) is 3.19. The number of carbonyl (C=O) groups excluding carboxylic acids is 1. The van der Waals surface area contributed by atoms with Crippen LogP contribution in [0.4, 0.5) is 0 Å². The van der Waals surface area contributed by atoms with Crippen LogP contribution in [0.25, 0.3) is 0 Å². The first-order valence-electron chi connectivity index (χ1n) is 5.32. The maximum atomic E-state index is 11.4. The minimum absolute atomic E-state index is 0.0903. The van der Waals surface area contributed by atoms with Crippen molar-refractivity contribution in [2.24, 2.45) is 5.73 Å². The molecule has 2 unspecified atom stereocenters. The van der Waals surface area contributed by atoms with E-state index in [1.54, 1.807) is 19.3 Å². The van der Waals surface area contributed by atoms with E-state index in [0.717, 1.165) is 5.76 Å². The lowest BCUT2D eigenvalue weighted by molar-refractivity contribution is -0.121. The molecule has 16 heavy (non-hydrogen) atoms. The Hall–Kier alpha value is -1.33. The molecule has 0 saturated heterocycles. The summed E-state index contributed by atoms with van der Waals surface area (Å²) < 4.78 is 5.10. The highest BCUT2D eigenvalue weighted by Gasteiger charge is 2.10. The average Bonchev–Trinajstić information content (AvgIpc) is 2.75. The Morgan fingerprint density at radius 3 is 3.00 bits per heavy atom. The minimum atomic E-state index is -0.620. The molecule has 4 N–H and O–H groups in total. The van der Waals surface area contributed by atoms with Gasteiger partial charge in [-0.15, -0.1) is 0 Å². The van der Waals surface area contributed by atoms with Crippen LogP contribution < -0.4 is 11.1 Å². The third kappa shape index (κ3) is 4.46. The van der Waals surface area contributed by atoms with Gasteiger partial charge in [-0.25, -0.2) is 0 Å². The molecular formula is C11H18N2O3. The van der Waals surface area contributed by atoms with Crippen LogP contribution in [-0.4, -0.2) is 29.7 Å². The van der Waals surface area contributed by atoms with E-state index in [-0.39, 0.29) is 12.5 Å². The van der Waals surface area contributed by atoms with Gasteiger partial charge in [0.2, 0.25) is 5.91 Å². The van der Waals surface area contributed by atoms with Crippen molar-refractivity contribution in [2.75, 3.05) is 6.54 Å². The Kier molecular flexibility index (Phi) is 5.01. The van der Waals surface area contributed by atoms with E-state index in [9.17, 15) is 4.79 Å². The van der Waals surface area contributed by atoms with E-state index in [1.807, 2.05) is 6.07 Å². The Balaban J connectivity index is 2.16. The minimum Gasteiger partial charge on any atom is -0.469 e. The lowest BCUT2D eigenvalue weighted by atomic mass is 10.2. The number of amides is 1. The molecule has 1 aromatic rings. The van der Waals surface area contributed by atoms with Gasteiger partial charge in [-0.2, -0.15) is 0 Å². The lowest BCUT2D eigenvalue weighted by Crippen LogP contribution is -2.43. The van der Waals surface area contributed by atoms with Crippen molar-refractivity contribution in [1.29, 1.82) is 0 Å². The normalized spacial score (nSPS) is 14.4. The van der Waals surface area contributed by atoms with Crippen LogP contribution in [0.15, 0.2) is 22.8 Å². The van der Waals surface area contributed by atoms with Crippen LogP contribution in [0.1, 0.15) is 19.1 Å². The summed E-state index contributed by atoms with van der Waals surface area (Å²) >= 11 is 0. The maximum Gasteiger partial charge on any atom is 0.220 e. The fourth-order valence-corrected chi connectivity index (χ4v) is 1.18. The molecule has 1 amide bonds. The fourth-order valence-electron chi connectivity index (χ4n) is 1.18. The summed E-state index contributed by atoms with van der Waals surface area (Å²) in [6.45, 7) is 1.88. The third-order valence-electron chi connectivity index (χ3n) is 2.33. The molecule has 1 heterocycles. The van der Waals surface area contributed by atoms with Gasteiger partial charge in [0, 0.05) is 25.4 Å². The van der Waals surface area contributed by atoms with Crippen LogP contribution in [0.5, 0.6) is 0 Å². The third-order valence-corrected chi connectivity index (χ3v) is 2.33. The Morgan fingerprint density at radius 2 is 2.44 bits per heavy atom. The van der Waals surface area contributed by atoms with Crippen LogP contribution in [0, 0.1) is 0 Å². The van der Waals surface area contributed by atoms with Crippen molar-refractivity contribution in [3.8, 4) is 0 Å². The highest BCUT2D eigenvalue weighted by atomic mass is 16.3. The molecule has 0 spiro atoms. The van der Waals surface area contributed by atoms with Crippen molar-refractivity contribution in [2.45, 2.75) is 31.9 Å². The molecule has 0 aliphatic carbocycles. The van der Waals surface area contributed by atoms with E-state index in [4.69, 9.17) is 15.3 Å². The molecule has 0 radical (unpaired) electrons. The number of furan rings is 1. The van der Waals surface area contributed by atoms with Crippen LogP contribution >= 0.6 is 0 Å². The molecule has 1 rings (SSSR count). The predicted molar refractivity (Wildman–Crippen MR) is 59.7 cm³/mol. The zero-order valence-corrected chi connectivity index (χ0v) is 9.35. The summed E-state index contributed by atoms with van der Waals surface area (Å²) in [5, 5.41) is 11.8. The van der Waals surface area contributed by atoms with Crippen molar-refractivity contribution >= 4 is 5.91 Å². The summed E-state index contributed by atoms with van der Waals surface area (Å²) in [7, 11) is 0. The number of nitrogens with two attached hydrogens (primary N) is 1. The summed E-state index contributed by atoms with van der Waals surface area (Å²) in [5.41, 5.74) is 5.57. The highest BCUT2D eigenvalue weighted by Crippen LogP contribution is 2.03. The number of hydrogen-bond acceptors (Lipinski definition) is 4. The second kappa shape index (κ2) is 6.30. The van der Waals surface area contributed by atoms with Gasteiger partial charge in [-0.1, -0.05) is 0 Å². The van der Waals surface area contributed by atoms with Crippen molar-refractivity contribution in [3.63, 3.8) is 0 Å². The predicted octanol–water partition coefficient (Wildman–Crippen LogP) is 0.0365. The summed E-state index contributed by atoms with van der Waals surface area (Å²) in [5.74, 6) is 0.697. The number of hydrogen-bond donors (Lipinski definition) is 3. The van der Waals surface area contributed by atoms with Crippen LogP contribution in [0.3, 0.4) is 0 Å². The molecule has 0 aliphatic heterocycles. The lowest BCUT2D eigenvalue weighted by Gasteiger charge is -2.14. The first kappa shape index (κ1) is 12.7. The van der Waals surface area contributed by atoms with Gasteiger partial charge in [0.05, 0.1) is 12.4 Å². The standard InChI is InChI=1S/C11H18N2O3/c1-8(14)10(12)7-13-11(15)5-4-9-3-2-6-16-9/h2-3,6,8,10,14H,4-5,7,12H2,1H3,(H,13,15). The van der Waals surface area contributed by atoms with Crippen molar-refractivity contribution < 1.29 is 14.3 Å². The maximum absolute atomic E-state index is 11.4. The van der Waals surface area contributed by atoms with Gasteiger partial charge >= 0.3 is 0 Å². The molecule has 1 aromatic heterocycles. The smallest absolute Gasteiger partial charge is 0.220 e. The Labute approximate surface area is 94.6 Å². The largest absolute Gasteiger partial charge is 0.469 e. The number of aryl methyl sites for hydroxylation is 1. The molecule has 0 aromatic carbocycles. The van der Waals surface area contributed by atoms with E-state index in [1.165, 1.54) is 0 Å². The van der Waals surface area contributed by atoms with E-state index >= 15 is 0 Å². The fraction of sp³-hybridized carbons (Fsp3) is 0.545. The molecule has 0 aliphatic rings. The van der Waals surface area contributed by atoms with E-state index in [2.05, 4.69) is 5.32 Å². The number of aliphatic hydroxyl groups excluding tert-OH is 1. The van der Waals surface area contributed by atoms with Crippen LogP contribution in [-0.2, 0) is 11.2 Å². The van der Waals surface area contributed by atoms with Crippen molar-refractivity contribution in [1.82, 2.24) is 5.32 Å². The van der Waals surface area contributed by atoms with Gasteiger partial charge in [0.25, 0.3) is 0 Å². The topological polar surface area (TPSA) is 88.5 Å². The number of aliphatic hydroxyl groups is 1. The second-order valence-corrected chi connectivity index (χ2v) is 3.79. The second-order valence-electron chi connectivity index (χ2n) is 3.79. The molecule has 90 valence electrons. The first-order valence-corrected chi connectivity index (χ1v) is 5.32. The SMILES string of the molecule is CC(O)C(N)CNC(=O)CCc1ccco1. The Morgan fingerprint density at radius 1 is 1.69 bits per heavy atom. The molecule has 5 nitrogen and oxygen atoms in total. The average molecular weight is 226 g/mol. The monoisotopic (exact) mass is 226 g/mol. The number of carbonyl (C=O) groups is 1. The van der Waals surface area contributed by atoms with Gasteiger partial charge in [0.15, 0.2) is 0 Å². The van der Waals surface area contributed by atoms with Gasteiger partial charge in [-0.3, -0.25) is 4.79 Å². The van der Waals surface area contributed by atoms with E-state index < -0.39 is 12.1 Å². The summed E-state index contributed by atoms with van der Waals surface area (Å²) in [6.07, 6.45) is 1.89. The molecule has 5 heteroatoms. The van der Waals surface area contributed by atoms with Crippen LogP contribution in [0.2, 0.25) is 0 Å². The summed E-state index contributed by atoms with van der Waals surface area (Å²) in [4.78, 5) is 11.4. The molecule has 0 fully saturated rings. The quantitative estimate of drug-likeness (QED) is 0.639. The highest BCUT2D eigenvalue weighted by molar-refractivity contribution is 5.76. The number of rotatable bonds is 6. The van der Waals surface area contributed by atoms with Gasteiger partial charge in [-0.05, 0) is 19.1 Å². The van der Waals surface area contributed by atoms with Crippen molar-refractivity contribution in [3.05, 3.63) is 24.2 Å². The zero-order chi connectivity index (χ0) is 12.0. The molecular weight excluding hydrogens is 208 g/mol. The number of nitrogens with one attached hydrogen (secondary N) is 1. The molecule has 2 atom stereocenters. The Bertz CT molecular complexity index is 309. The first-order chi connectivity index (χ1) is 7.59. The molecule has 0 saturated carbocycles. The molecule has 0 bridgehead atoms. The van der Waals surface area contributed by atoms with E-state index in [0.29, 0.717) is 12.8 Å². The van der Waals surface area contributed by atoms with Gasteiger partial charge in [0.1, 0.15) is 5.76 Å².